The zero-order chi connectivity index (χ0) is 24.8. The molecule has 4 aliphatic carbocycles. The van der Waals surface area contributed by atoms with Crippen LogP contribution in [0.1, 0.15) is 44.4 Å². The minimum atomic E-state index is -1.98. The van der Waals surface area contributed by atoms with Crippen LogP contribution in [0.3, 0.4) is 0 Å². The highest BCUT2D eigenvalue weighted by Gasteiger charge is 2.78. The van der Waals surface area contributed by atoms with Gasteiger partial charge in [-0.3, -0.25) is 14.4 Å². The van der Waals surface area contributed by atoms with E-state index in [1.165, 1.54) is 12.2 Å². The number of aliphatic hydroxyl groups is 1. The van der Waals surface area contributed by atoms with E-state index in [0.29, 0.717) is 32.4 Å². The number of rotatable bonds is 4. The van der Waals surface area contributed by atoms with E-state index in [4.69, 9.17) is 4.84 Å². The summed E-state index contributed by atoms with van der Waals surface area (Å²) < 4.78 is 31.4. The van der Waals surface area contributed by atoms with Crippen molar-refractivity contribution in [2.24, 2.45) is 28.6 Å². The maximum absolute atomic E-state index is 17.3. The molecule has 1 N–H and O–H groups in total. The summed E-state index contributed by atoms with van der Waals surface area (Å²) in [5, 5.41) is 15.2. The van der Waals surface area contributed by atoms with Gasteiger partial charge in [-0.05, 0) is 62.1 Å². The van der Waals surface area contributed by atoms with Crippen LogP contribution >= 0.6 is 11.3 Å². The number of thiophene rings is 1. The Hall–Kier alpha value is -1.74. The van der Waals surface area contributed by atoms with Gasteiger partial charge in [-0.15, -0.1) is 11.3 Å². The number of alkyl halides is 2. The molecule has 8 heteroatoms. The maximum atomic E-state index is 17.3. The van der Waals surface area contributed by atoms with Crippen molar-refractivity contribution in [3.63, 3.8) is 0 Å². The average molecular weight is 504 g/mol. The van der Waals surface area contributed by atoms with Gasteiger partial charge in [0.2, 0.25) is 0 Å². The molecule has 4 fully saturated rings. The molecular weight excluding hydrogens is 472 g/mol. The van der Waals surface area contributed by atoms with E-state index in [1.807, 2.05) is 24.4 Å². The van der Waals surface area contributed by atoms with Crippen LogP contribution in [0.25, 0.3) is 0 Å². The molecule has 0 spiro atoms. The zero-order valence-electron chi connectivity index (χ0n) is 20.0. The number of Topliss-reactive ketones (excluding diaryl/α,β-unsaturated/α-hetero) is 1. The molecule has 8 atom stereocenters. The highest BCUT2D eigenvalue weighted by Crippen LogP contribution is 2.72. The third-order valence-electron chi connectivity index (χ3n) is 10.1. The number of allylic oxidation sites excluding steroid dienone is 4. The summed E-state index contributed by atoms with van der Waals surface area (Å²) in [5.74, 6) is -1.81. The molecular formula is C27H31F2NO4S. The highest BCUT2D eigenvalue weighted by molar-refractivity contribution is 7.09. The first-order chi connectivity index (χ1) is 16.6. The van der Waals surface area contributed by atoms with Crippen LogP contribution in [0.5, 0.6) is 0 Å². The van der Waals surface area contributed by atoms with Gasteiger partial charge in [-0.1, -0.05) is 24.6 Å². The lowest BCUT2D eigenvalue weighted by Gasteiger charge is -2.62. The Balaban J connectivity index is 1.40. The Morgan fingerprint density at radius 1 is 1.34 bits per heavy atom. The van der Waals surface area contributed by atoms with Crippen molar-refractivity contribution in [3.8, 4) is 0 Å². The number of carbonyl (C=O) groups excluding carboxylic acids is 2. The van der Waals surface area contributed by atoms with E-state index >= 15 is 4.39 Å². The third kappa shape index (κ3) is 2.82. The summed E-state index contributed by atoms with van der Waals surface area (Å²) in [5.41, 5.74) is -4.67. The molecule has 5 nitrogen and oxygen atoms in total. The molecule has 1 aliphatic heterocycles. The van der Waals surface area contributed by atoms with E-state index in [2.05, 4.69) is 0 Å². The van der Waals surface area contributed by atoms with Gasteiger partial charge in [0.15, 0.2) is 29.5 Å². The first-order valence-electron chi connectivity index (χ1n) is 12.5. The second-order valence-corrected chi connectivity index (χ2v) is 12.5. The smallest absolute Gasteiger partial charge is 0.198 e. The van der Waals surface area contributed by atoms with Crippen molar-refractivity contribution in [3.05, 3.63) is 46.2 Å². The number of hydroxylamine groups is 2. The van der Waals surface area contributed by atoms with E-state index in [0.717, 1.165) is 10.5 Å². The Kier molecular flexibility index (Phi) is 5.16. The third-order valence-corrected chi connectivity index (χ3v) is 11.0. The Bertz CT molecular complexity index is 1140. The van der Waals surface area contributed by atoms with Gasteiger partial charge < -0.3 is 5.11 Å². The van der Waals surface area contributed by atoms with Crippen molar-refractivity contribution < 1.29 is 28.3 Å². The second-order valence-electron chi connectivity index (χ2n) is 11.5. The summed E-state index contributed by atoms with van der Waals surface area (Å²) in [6, 6.07) is 3.95. The Labute approximate surface area is 207 Å². The van der Waals surface area contributed by atoms with Crippen molar-refractivity contribution in [1.82, 2.24) is 5.06 Å². The lowest BCUT2D eigenvalue weighted by atomic mass is 9.44. The van der Waals surface area contributed by atoms with E-state index < -0.39 is 46.6 Å². The van der Waals surface area contributed by atoms with Gasteiger partial charge in [0.05, 0.1) is 12.6 Å². The van der Waals surface area contributed by atoms with Crippen LogP contribution in [0.15, 0.2) is 41.3 Å². The highest BCUT2D eigenvalue weighted by atomic mass is 32.1. The molecule has 188 valence electrons. The van der Waals surface area contributed by atoms with Gasteiger partial charge in [0.1, 0.15) is 0 Å². The van der Waals surface area contributed by atoms with E-state index in [1.54, 1.807) is 29.4 Å². The molecule has 0 bridgehead atoms. The number of hydrogen-bond acceptors (Lipinski definition) is 6. The molecule has 5 aliphatic rings. The summed E-state index contributed by atoms with van der Waals surface area (Å²) in [6.07, 6.45) is 4.75. The number of hydrogen-bond donors (Lipinski definition) is 1. The standard InChI is InChI=1S/C27H31F2NO4S/c1-24-8-7-18(31)10-16(24)5-6-20-21-11-17-14-30(15-19-4-3-9-35-19)34-27(17,23(33)13-28)25(21,2)12-22(32)26(20,24)29/h3-4,7-10,17,20-22,32H,5-6,11-15H2,1-2H3/t17-,20-,21-,22-,24-,25-,26-,27-/m0/s1. The first kappa shape index (κ1) is 23.6. The fraction of sp³-hybridized carbons (Fsp3) is 0.630. The number of aliphatic hydroxyl groups excluding tert-OH is 1. The summed E-state index contributed by atoms with van der Waals surface area (Å²) in [4.78, 5) is 32.9. The lowest BCUT2D eigenvalue weighted by Crippen LogP contribution is -2.69. The predicted molar refractivity (Wildman–Crippen MR) is 127 cm³/mol. The molecule has 1 aromatic rings. The summed E-state index contributed by atoms with van der Waals surface area (Å²) in [7, 11) is 0. The fourth-order valence-corrected chi connectivity index (χ4v) is 9.31. The second kappa shape index (κ2) is 7.63. The number of halogens is 2. The number of carbonyl (C=O) groups is 2. The van der Waals surface area contributed by atoms with Crippen LogP contribution < -0.4 is 0 Å². The monoisotopic (exact) mass is 503 g/mol. The molecule has 0 radical (unpaired) electrons. The predicted octanol–water partition coefficient (Wildman–Crippen LogP) is 4.37. The van der Waals surface area contributed by atoms with Gasteiger partial charge >= 0.3 is 0 Å². The van der Waals surface area contributed by atoms with Crippen LogP contribution in [-0.4, -0.2) is 52.3 Å². The van der Waals surface area contributed by atoms with Crippen molar-refractivity contribution in [2.75, 3.05) is 13.2 Å². The molecule has 0 aromatic carbocycles. The van der Waals surface area contributed by atoms with Gasteiger partial charge in [0.25, 0.3) is 0 Å². The lowest BCUT2D eigenvalue weighted by molar-refractivity contribution is -0.267. The van der Waals surface area contributed by atoms with Gasteiger partial charge in [-0.25, -0.2) is 8.78 Å². The fourth-order valence-electron chi connectivity index (χ4n) is 8.60. The topological polar surface area (TPSA) is 66.8 Å². The Morgan fingerprint density at radius 3 is 2.86 bits per heavy atom. The summed E-state index contributed by atoms with van der Waals surface area (Å²) in [6.45, 7) is 3.49. The van der Waals surface area contributed by atoms with Crippen molar-refractivity contribution in [2.45, 2.75) is 63.4 Å². The average Bonchev–Trinajstić information content (AvgIpc) is 3.51. The Morgan fingerprint density at radius 2 is 2.14 bits per heavy atom. The molecule has 3 saturated carbocycles. The number of nitrogens with zero attached hydrogens (tertiary/aromatic N) is 1. The zero-order valence-corrected chi connectivity index (χ0v) is 20.8. The minimum absolute atomic E-state index is 0.00437. The molecule has 1 aromatic heterocycles. The van der Waals surface area contributed by atoms with Crippen LogP contribution in [0.4, 0.5) is 8.78 Å². The van der Waals surface area contributed by atoms with Gasteiger partial charge in [-0.2, -0.15) is 5.06 Å². The molecule has 1 saturated heterocycles. The van der Waals surface area contributed by atoms with Crippen LogP contribution in [0, 0.1) is 28.6 Å². The SMILES string of the molecule is C[C@]12C=CC(=O)C=C1CC[C@H]1[C@@H]3C[C@H]4CN(Cc5cccs5)O[C@@]4(C(=O)CF)[C@@]3(C)C[C@H](O)[C@@]12F. The van der Waals surface area contributed by atoms with Crippen LogP contribution in [-0.2, 0) is 21.0 Å². The number of fused-ring (bicyclic) bond motifs is 7. The van der Waals surface area contributed by atoms with E-state index in [9.17, 15) is 19.1 Å². The quantitative estimate of drug-likeness (QED) is 0.661. The minimum Gasteiger partial charge on any atom is -0.390 e. The van der Waals surface area contributed by atoms with Gasteiger partial charge in [0, 0.05) is 34.1 Å². The largest absolute Gasteiger partial charge is 0.390 e. The normalized spacial score (nSPS) is 46.5. The first-order valence-corrected chi connectivity index (χ1v) is 13.3. The van der Waals surface area contributed by atoms with Crippen molar-refractivity contribution in [1.29, 1.82) is 0 Å². The van der Waals surface area contributed by atoms with E-state index in [-0.39, 0.29) is 24.0 Å². The molecule has 6 rings (SSSR count). The van der Waals surface area contributed by atoms with Crippen LogP contribution in [0.2, 0.25) is 0 Å². The van der Waals surface area contributed by atoms with Crippen molar-refractivity contribution >= 4 is 22.9 Å². The molecule has 0 unspecified atom stereocenters. The number of ketones is 2. The summed E-state index contributed by atoms with van der Waals surface area (Å²) >= 11 is 1.59. The molecule has 0 amide bonds. The maximum Gasteiger partial charge on any atom is 0.198 e. The molecule has 2 heterocycles. The molecule has 35 heavy (non-hydrogen) atoms.